The molecule has 0 saturated carbocycles. The average Bonchev–Trinajstić information content (AvgIpc) is 3.01. The second-order valence-electron chi connectivity index (χ2n) is 6.71. The van der Waals surface area contributed by atoms with Gasteiger partial charge in [-0.3, -0.25) is 9.78 Å². The first kappa shape index (κ1) is 18.6. The van der Waals surface area contributed by atoms with Crippen molar-refractivity contribution in [1.29, 1.82) is 0 Å². The summed E-state index contributed by atoms with van der Waals surface area (Å²) < 4.78 is 23.7. The molecule has 6 heteroatoms. The summed E-state index contributed by atoms with van der Waals surface area (Å²) in [6.45, 7) is 2.42. The summed E-state index contributed by atoms with van der Waals surface area (Å²) in [4.78, 5) is 19.3. The number of carbonyl (C=O) groups is 1. The van der Waals surface area contributed by atoms with E-state index in [1.807, 2.05) is 49.4 Å². The maximum atomic E-state index is 13.4. The molecule has 1 aromatic heterocycles. The van der Waals surface area contributed by atoms with Gasteiger partial charge in [-0.25, -0.2) is 8.42 Å². The Bertz CT molecular complexity index is 838. The predicted octanol–water partition coefficient (Wildman–Crippen LogP) is 2.44. The molecule has 3 rings (SSSR count). The molecule has 0 radical (unpaired) electrons. The third-order valence-electron chi connectivity index (χ3n) is 4.94. The van der Waals surface area contributed by atoms with Gasteiger partial charge in [0.05, 0.1) is 17.4 Å². The number of pyridine rings is 1. The number of hydrogen-bond acceptors (Lipinski definition) is 4. The fourth-order valence-electron chi connectivity index (χ4n) is 3.60. The van der Waals surface area contributed by atoms with Gasteiger partial charge in [0, 0.05) is 25.0 Å². The molecule has 1 aliphatic rings. The maximum absolute atomic E-state index is 13.4. The molecule has 1 saturated heterocycles. The molecule has 1 aromatic carbocycles. The number of aromatic nitrogens is 1. The molecule has 2 heterocycles. The van der Waals surface area contributed by atoms with Crippen LogP contribution in [-0.4, -0.2) is 48.3 Å². The minimum absolute atomic E-state index is 0.00958. The van der Waals surface area contributed by atoms with Crippen LogP contribution in [0.3, 0.4) is 0 Å². The van der Waals surface area contributed by atoms with Crippen LogP contribution in [0.15, 0.2) is 54.9 Å². The highest BCUT2D eigenvalue weighted by atomic mass is 32.2. The molecule has 0 bridgehead atoms. The Morgan fingerprint density at radius 1 is 1.23 bits per heavy atom. The van der Waals surface area contributed by atoms with Crippen molar-refractivity contribution in [3.63, 3.8) is 0 Å². The van der Waals surface area contributed by atoms with Crippen LogP contribution in [0.25, 0.3) is 0 Å². The molecule has 26 heavy (non-hydrogen) atoms. The minimum Gasteiger partial charge on any atom is -0.338 e. The van der Waals surface area contributed by atoms with Crippen LogP contribution in [-0.2, 0) is 21.1 Å². The van der Waals surface area contributed by atoms with Crippen molar-refractivity contribution in [2.24, 2.45) is 0 Å². The number of likely N-dealkylation sites (N-methyl/N-ethyl adjacent to an activating group) is 1. The summed E-state index contributed by atoms with van der Waals surface area (Å²) in [5.74, 6) is -0.116. The Morgan fingerprint density at radius 2 is 2.00 bits per heavy atom. The predicted molar refractivity (Wildman–Crippen MR) is 102 cm³/mol. The van der Waals surface area contributed by atoms with Crippen LogP contribution in [0.1, 0.15) is 30.4 Å². The SMILES string of the molecule is CCN(C(=O)C(Cc1cccnc1)c1ccccc1)C1CCS(=O)(=O)C1. The lowest BCUT2D eigenvalue weighted by Crippen LogP contribution is -2.44. The number of amides is 1. The molecule has 1 amide bonds. The Balaban J connectivity index is 1.88. The zero-order chi connectivity index (χ0) is 18.6. The van der Waals surface area contributed by atoms with Gasteiger partial charge < -0.3 is 4.90 Å². The lowest BCUT2D eigenvalue weighted by molar-refractivity contribution is -0.134. The quantitative estimate of drug-likeness (QED) is 0.781. The van der Waals surface area contributed by atoms with Crippen molar-refractivity contribution < 1.29 is 13.2 Å². The van der Waals surface area contributed by atoms with Crippen LogP contribution in [0.4, 0.5) is 0 Å². The third-order valence-corrected chi connectivity index (χ3v) is 6.69. The molecule has 0 spiro atoms. The summed E-state index contributed by atoms with van der Waals surface area (Å²) in [6.07, 6.45) is 4.56. The lowest BCUT2D eigenvalue weighted by Gasteiger charge is -2.31. The fraction of sp³-hybridized carbons (Fsp3) is 0.400. The summed E-state index contributed by atoms with van der Waals surface area (Å²) in [5, 5.41) is 0. The summed E-state index contributed by atoms with van der Waals surface area (Å²) in [6, 6.07) is 13.3. The second kappa shape index (κ2) is 7.99. The number of nitrogens with zero attached hydrogens (tertiary/aromatic N) is 2. The summed E-state index contributed by atoms with van der Waals surface area (Å²) in [7, 11) is -3.04. The molecule has 1 fully saturated rings. The van der Waals surface area contributed by atoms with Crippen molar-refractivity contribution in [3.8, 4) is 0 Å². The first-order valence-corrected chi connectivity index (χ1v) is 10.8. The van der Waals surface area contributed by atoms with Gasteiger partial charge in [0.1, 0.15) is 0 Å². The van der Waals surface area contributed by atoms with Crippen molar-refractivity contribution in [2.75, 3.05) is 18.1 Å². The Hall–Kier alpha value is -2.21. The van der Waals surface area contributed by atoms with Crippen LogP contribution in [0.2, 0.25) is 0 Å². The van der Waals surface area contributed by atoms with E-state index in [0.29, 0.717) is 19.4 Å². The molecular weight excluding hydrogens is 348 g/mol. The van der Waals surface area contributed by atoms with Gasteiger partial charge in [-0.2, -0.15) is 0 Å². The van der Waals surface area contributed by atoms with E-state index < -0.39 is 9.84 Å². The summed E-state index contributed by atoms with van der Waals surface area (Å²) >= 11 is 0. The first-order valence-electron chi connectivity index (χ1n) is 8.95. The first-order chi connectivity index (χ1) is 12.5. The van der Waals surface area contributed by atoms with Gasteiger partial charge in [-0.1, -0.05) is 36.4 Å². The zero-order valence-electron chi connectivity index (χ0n) is 14.9. The number of hydrogen-bond donors (Lipinski definition) is 0. The minimum atomic E-state index is -3.04. The molecule has 0 aliphatic carbocycles. The molecule has 0 N–H and O–H groups in total. The summed E-state index contributed by atoms with van der Waals surface area (Å²) in [5.41, 5.74) is 1.94. The van der Waals surface area contributed by atoms with E-state index >= 15 is 0 Å². The third kappa shape index (κ3) is 4.30. The number of carbonyl (C=O) groups excluding carboxylic acids is 1. The standard InChI is InChI=1S/C20H24N2O3S/c1-2-22(18-10-12-26(24,25)15-18)20(23)19(17-8-4-3-5-9-17)13-16-7-6-11-21-14-16/h3-9,11,14,18-19H,2,10,12-13,15H2,1H3. The van der Waals surface area contributed by atoms with Gasteiger partial charge in [0.25, 0.3) is 0 Å². The highest BCUT2D eigenvalue weighted by Gasteiger charge is 2.36. The van der Waals surface area contributed by atoms with E-state index in [0.717, 1.165) is 11.1 Å². The van der Waals surface area contributed by atoms with Crippen LogP contribution in [0, 0.1) is 0 Å². The smallest absolute Gasteiger partial charge is 0.230 e. The lowest BCUT2D eigenvalue weighted by atomic mass is 9.90. The van der Waals surface area contributed by atoms with E-state index in [2.05, 4.69) is 4.98 Å². The second-order valence-corrected chi connectivity index (χ2v) is 8.94. The molecular formula is C20H24N2O3S. The molecule has 2 atom stereocenters. The van der Waals surface area contributed by atoms with E-state index in [9.17, 15) is 13.2 Å². The Morgan fingerprint density at radius 3 is 2.58 bits per heavy atom. The Kier molecular flexibility index (Phi) is 5.71. The zero-order valence-corrected chi connectivity index (χ0v) is 15.7. The number of rotatable bonds is 6. The van der Waals surface area contributed by atoms with Crippen molar-refractivity contribution in [2.45, 2.75) is 31.7 Å². The van der Waals surface area contributed by atoms with Gasteiger partial charge in [-0.15, -0.1) is 0 Å². The molecule has 2 aromatic rings. The number of benzene rings is 1. The van der Waals surface area contributed by atoms with Crippen LogP contribution < -0.4 is 0 Å². The van der Waals surface area contributed by atoms with Crippen molar-refractivity contribution >= 4 is 15.7 Å². The van der Waals surface area contributed by atoms with Crippen molar-refractivity contribution in [3.05, 3.63) is 66.0 Å². The highest BCUT2D eigenvalue weighted by molar-refractivity contribution is 7.91. The average molecular weight is 372 g/mol. The monoisotopic (exact) mass is 372 g/mol. The van der Waals surface area contributed by atoms with Gasteiger partial charge in [0.2, 0.25) is 5.91 Å². The van der Waals surface area contributed by atoms with E-state index in [1.165, 1.54) is 0 Å². The van der Waals surface area contributed by atoms with Gasteiger partial charge in [-0.05, 0) is 37.0 Å². The molecule has 138 valence electrons. The van der Waals surface area contributed by atoms with Crippen LogP contribution in [0.5, 0.6) is 0 Å². The molecule has 2 unspecified atom stereocenters. The topological polar surface area (TPSA) is 67.3 Å². The largest absolute Gasteiger partial charge is 0.338 e. The van der Waals surface area contributed by atoms with E-state index in [4.69, 9.17) is 0 Å². The van der Waals surface area contributed by atoms with Crippen LogP contribution >= 0.6 is 0 Å². The molecule has 1 aliphatic heterocycles. The van der Waals surface area contributed by atoms with Gasteiger partial charge in [0.15, 0.2) is 9.84 Å². The Labute approximate surface area is 155 Å². The molecule has 5 nitrogen and oxygen atoms in total. The fourth-order valence-corrected chi connectivity index (χ4v) is 5.33. The highest BCUT2D eigenvalue weighted by Crippen LogP contribution is 2.27. The van der Waals surface area contributed by atoms with Crippen molar-refractivity contribution in [1.82, 2.24) is 9.88 Å². The maximum Gasteiger partial charge on any atom is 0.230 e. The van der Waals surface area contributed by atoms with E-state index in [1.54, 1.807) is 17.3 Å². The van der Waals surface area contributed by atoms with Gasteiger partial charge >= 0.3 is 0 Å². The van der Waals surface area contributed by atoms with E-state index in [-0.39, 0.29) is 29.4 Å². The normalized spacial score (nSPS) is 19.8. The number of sulfone groups is 1.